The van der Waals surface area contributed by atoms with Crippen LogP contribution in [-0.2, 0) is 36.8 Å². The summed E-state index contributed by atoms with van der Waals surface area (Å²) in [6.45, 7) is 8.37. The number of anilines is 1. The van der Waals surface area contributed by atoms with Crippen molar-refractivity contribution in [2.75, 3.05) is 25.2 Å². The molecule has 0 unspecified atom stereocenters. The van der Waals surface area contributed by atoms with Crippen molar-refractivity contribution in [2.24, 2.45) is 5.92 Å². The summed E-state index contributed by atoms with van der Waals surface area (Å²) >= 11 is 0. The van der Waals surface area contributed by atoms with Crippen molar-refractivity contribution in [3.63, 3.8) is 0 Å². The first-order chi connectivity index (χ1) is 23.8. The maximum absolute atomic E-state index is 13.8. The smallest absolute Gasteiger partial charge is 0.405 e. The first-order valence-corrected chi connectivity index (χ1v) is 19.2. The van der Waals surface area contributed by atoms with Gasteiger partial charge in [-0.15, -0.1) is 0 Å². The average Bonchev–Trinajstić information content (AvgIpc) is 3.11. The molecule has 1 atom stereocenters. The van der Waals surface area contributed by atoms with Gasteiger partial charge >= 0.3 is 13.7 Å². The van der Waals surface area contributed by atoms with E-state index in [4.69, 9.17) is 19.5 Å². The highest BCUT2D eigenvalue weighted by atomic mass is 32.2. The number of sulfonamides is 1. The third-order valence-electron chi connectivity index (χ3n) is 7.63. The molecule has 0 aliphatic heterocycles. The summed E-state index contributed by atoms with van der Waals surface area (Å²) in [5.41, 5.74) is 8.91. The Hall–Kier alpha value is -4.45. The maximum atomic E-state index is 13.8. The number of hydrogen-bond acceptors (Lipinski definition) is 8. The fraction of sp³-hybridized carbons (Fsp3) is 0.270. The Labute approximate surface area is 294 Å². The lowest BCUT2D eigenvalue weighted by molar-refractivity contribution is 0.172. The van der Waals surface area contributed by atoms with Crippen LogP contribution < -0.4 is 15.8 Å². The zero-order chi connectivity index (χ0) is 36.1. The Morgan fingerprint density at radius 1 is 0.880 bits per heavy atom. The van der Waals surface area contributed by atoms with Crippen molar-refractivity contribution in [3.05, 3.63) is 132 Å². The van der Waals surface area contributed by atoms with Gasteiger partial charge < -0.3 is 29.9 Å². The minimum Gasteiger partial charge on any atom is -0.481 e. The van der Waals surface area contributed by atoms with Crippen LogP contribution in [0.4, 0.5) is 10.5 Å². The van der Waals surface area contributed by atoms with Crippen LogP contribution >= 0.6 is 7.60 Å². The summed E-state index contributed by atoms with van der Waals surface area (Å²) in [4.78, 5) is 11.9. The van der Waals surface area contributed by atoms with Crippen LogP contribution in [0.15, 0.2) is 121 Å². The van der Waals surface area contributed by atoms with E-state index in [1.165, 1.54) is 28.6 Å². The van der Waals surface area contributed by atoms with Gasteiger partial charge in [-0.2, -0.15) is 4.31 Å². The SMILES string of the molecule is C=C(c1ccc(OCP(=O)(OCc2ccccc2)OCc2ccccc2)cc1)[C@@H](CCN(CC(C)C)S(=O)(=O)c1ccc(N)cc1)NC(=O)O. The molecule has 0 saturated carbocycles. The zero-order valence-electron chi connectivity index (χ0n) is 28.2. The van der Waals surface area contributed by atoms with Crippen LogP contribution in [0.3, 0.4) is 0 Å². The van der Waals surface area contributed by atoms with Gasteiger partial charge in [-0.05, 0) is 71.0 Å². The molecule has 50 heavy (non-hydrogen) atoms. The Kier molecular flexibility index (Phi) is 13.8. The van der Waals surface area contributed by atoms with E-state index in [-0.39, 0.29) is 49.9 Å². The van der Waals surface area contributed by atoms with Gasteiger partial charge in [0.1, 0.15) is 5.75 Å². The molecule has 1 amide bonds. The van der Waals surface area contributed by atoms with E-state index in [0.717, 1.165) is 11.1 Å². The maximum Gasteiger partial charge on any atom is 0.405 e. The van der Waals surface area contributed by atoms with Gasteiger partial charge in [-0.1, -0.05) is 93.2 Å². The number of hydrogen-bond donors (Lipinski definition) is 3. The second kappa shape index (κ2) is 18.0. The second-order valence-corrected chi connectivity index (χ2v) is 16.0. The molecular formula is C37H44N3O8PS. The summed E-state index contributed by atoms with van der Waals surface area (Å²) < 4.78 is 59.6. The molecular weight excluding hydrogens is 677 g/mol. The van der Waals surface area contributed by atoms with Crippen LogP contribution in [0.5, 0.6) is 5.75 Å². The largest absolute Gasteiger partial charge is 0.481 e. The lowest BCUT2D eigenvalue weighted by Crippen LogP contribution is -2.40. The molecule has 0 spiro atoms. The van der Waals surface area contributed by atoms with Gasteiger partial charge in [0.2, 0.25) is 10.0 Å². The number of carbonyl (C=O) groups is 1. The van der Waals surface area contributed by atoms with Gasteiger partial charge in [-0.25, -0.2) is 13.2 Å². The van der Waals surface area contributed by atoms with E-state index in [2.05, 4.69) is 11.9 Å². The van der Waals surface area contributed by atoms with Gasteiger partial charge in [0.05, 0.1) is 24.2 Å². The highest BCUT2D eigenvalue weighted by Gasteiger charge is 2.29. The number of ether oxygens (including phenoxy) is 1. The predicted octanol–water partition coefficient (Wildman–Crippen LogP) is 7.62. The third-order valence-corrected chi connectivity index (χ3v) is 11.0. The van der Waals surface area contributed by atoms with Crippen molar-refractivity contribution in [1.29, 1.82) is 0 Å². The molecule has 4 aromatic rings. The molecule has 13 heteroatoms. The number of nitrogens with one attached hydrogen (secondary N) is 1. The van der Waals surface area contributed by atoms with Gasteiger partial charge in [-0.3, -0.25) is 4.57 Å². The molecule has 4 rings (SSSR count). The number of nitrogen functional groups attached to an aromatic ring is 1. The molecule has 0 heterocycles. The first kappa shape index (κ1) is 38.4. The van der Waals surface area contributed by atoms with E-state index >= 15 is 0 Å². The molecule has 11 nitrogen and oxygen atoms in total. The van der Waals surface area contributed by atoms with E-state index in [9.17, 15) is 22.9 Å². The molecule has 4 aromatic carbocycles. The third kappa shape index (κ3) is 11.6. The van der Waals surface area contributed by atoms with E-state index in [1.54, 1.807) is 24.3 Å². The normalized spacial score (nSPS) is 12.5. The summed E-state index contributed by atoms with van der Waals surface area (Å²) in [5.74, 6) is 0.400. The van der Waals surface area contributed by atoms with Crippen molar-refractivity contribution in [2.45, 2.75) is 44.4 Å². The second-order valence-electron chi connectivity index (χ2n) is 12.1. The van der Waals surface area contributed by atoms with Crippen molar-refractivity contribution in [1.82, 2.24) is 9.62 Å². The minimum atomic E-state index is -3.88. The fourth-order valence-electron chi connectivity index (χ4n) is 4.99. The molecule has 0 bridgehead atoms. The van der Waals surface area contributed by atoms with Crippen LogP contribution in [-0.4, -0.2) is 49.4 Å². The Balaban J connectivity index is 1.44. The molecule has 0 aliphatic carbocycles. The Morgan fingerprint density at radius 3 is 1.92 bits per heavy atom. The predicted molar refractivity (Wildman–Crippen MR) is 195 cm³/mol. The Bertz CT molecular complexity index is 1790. The molecule has 0 aliphatic rings. The summed E-state index contributed by atoms with van der Waals surface area (Å²) in [6, 6.07) is 30.5. The number of benzene rings is 4. The summed E-state index contributed by atoms with van der Waals surface area (Å²) in [7, 11) is -7.60. The standard InChI is InChI=1S/C37H44N3O8PS/c1-28(2)24-40(50(44,45)35-20-16-33(38)17-21-35)23-22-36(39-37(41)42)29(3)32-14-18-34(19-15-32)46-27-49(43,47-25-30-10-6-4-7-11-30)48-26-31-12-8-5-9-13-31/h4-21,28,36,39H,3,22-27,38H2,1-2H3,(H,41,42)/t36-/m1/s1. The molecule has 266 valence electrons. The lowest BCUT2D eigenvalue weighted by atomic mass is 9.97. The highest BCUT2D eigenvalue weighted by molar-refractivity contribution is 7.89. The topological polar surface area (TPSA) is 157 Å². The number of carboxylic acid groups (broad SMARTS) is 1. The van der Waals surface area contributed by atoms with Crippen molar-refractivity contribution in [3.8, 4) is 5.75 Å². The molecule has 0 saturated heterocycles. The van der Waals surface area contributed by atoms with Crippen molar-refractivity contribution >= 4 is 35.0 Å². The summed E-state index contributed by atoms with van der Waals surface area (Å²) in [6.07, 6.45) is -1.48. The van der Waals surface area contributed by atoms with E-state index in [0.29, 0.717) is 22.6 Å². The van der Waals surface area contributed by atoms with Crippen LogP contribution in [0, 0.1) is 5.92 Å². The first-order valence-electron chi connectivity index (χ1n) is 16.1. The number of rotatable bonds is 19. The average molecular weight is 722 g/mol. The number of amides is 1. The van der Waals surface area contributed by atoms with Crippen LogP contribution in [0.1, 0.15) is 37.0 Å². The van der Waals surface area contributed by atoms with Crippen molar-refractivity contribution < 1.29 is 36.7 Å². The monoisotopic (exact) mass is 721 g/mol. The van der Waals surface area contributed by atoms with E-state index in [1.807, 2.05) is 74.5 Å². The van der Waals surface area contributed by atoms with Gasteiger partial charge in [0, 0.05) is 18.8 Å². The quantitative estimate of drug-likeness (QED) is 0.0655. The van der Waals surface area contributed by atoms with Crippen LogP contribution in [0.2, 0.25) is 0 Å². The van der Waals surface area contributed by atoms with Gasteiger partial charge in [0.25, 0.3) is 0 Å². The zero-order valence-corrected chi connectivity index (χ0v) is 29.9. The number of nitrogens with zero attached hydrogens (tertiary/aromatic N) is 1. The Morgan fingerprint density at radius 2 is 1.42 bits per heavy atom. The molecule has 0 aromatic heterocycles. The number of nitrogens with two attached hydrogens (primary N) is 1. The molecule has 0 radical (unpaired) electrons. The fourth-order valence-corrected chi connectivity index (χ4v) is 7.83. The molecule has 4 N–H and O–H groups in total. The highest BCUT2D eigenvalue weighted by Crippen LogP contribution is 2.49. The minimum absolute atomic E-state index is 0.0166. The van der Waals surface area contributed by atoms with Gasteiger partial charge in [0.15, 0.2) is 6.35 Å². The lowest BCUT2D eigenvalue weighted by Gasteiger charge is -2.27. The summed E-state index contributed by atoms with van der Waals surface area (Å²) in [5, 5.41) is 12.1. The van der Waals surface area contributed by atoms with E-state index < -0.39 is 29.8 Å². The van der Waals surface area contributed by atoms with Crippen LogP contribution in [0.25, 0.3) is 5.57 Å². The molecule has 0 fully saturated rings.